The molecule has 1 aromatic carbocycles. The Morgan fingerprint density at radius 2 is 2.05 bits per heavy atom. The quantitative estimate of drug-likeness (QED) is 0.779. The third kappa shape index (κ3) is 1.95. The van der Waals surface area contributed by atoms with Crippen LogP contribution in [0.2, 0.25) is 0 Å². The van der Waals surface area contributed by atoms with Gasteiger partial charge in [0.05, 0.1) is 22.8 Å². The lowest BCUT2D eigenvalue weighted by Gasteiger charge is -2.08. The molecule has 0 fully saturated rings. The first-order chi connectivity index (χ1) is 9.31. The van der Waals surface area contributed by atoms with Crippen molar-refractivity contribution >= 4 is 11.0 Å². The number of pyridine rings is 1. The second-order valence-electron chi connectivity index (χ2n) is 4.47. The molecular formula is C15H15N3O. The summed E-state index contributed by atoms with van der Waals surface area (Å²) >= 11 is 0. The molecule has 96 valence electrons. The van der Waals surface area contributed by atoms with Crippen molar-refractivity contribution in [2.45, 2.75) is 19.9 Å². The van der Waals surface area contributed by atoms with Gasteiger partial charge in [0.1, 0.15) is 11.6 Å². The van der Waals surface area contributed by atoms with Crippen molar-refractivity contribution in [3.8, 4) is 17.1 Å². The molecular weight excluding hydrogens is 238 g/mol. The number of benzene rings is 1. The lowest BCUT2D eigenvalue weighted by molar-refractivity contribution is 0.473. The number of hydrogen-bond acceptors (Lipinski definition) is 3. The SMILES string of the molecule is CCCn1c(-c2ccncc2O)nc2ccccc21. The number of aromatic nitrogens is 3. The van der Waals surface area contributed by atoms with Gasteiger partial charge < -0.3 is 9.67 Å². The van der Waals surface area contributed by atoms with Crippen molar-refractivity contribution in [2.24, 2.45) is 0 Å². The summed E-state index contributed by atoms with van der Waals surface area (Å²) in [4.78, 5) is 8.55. The van der Waals surface area contributed by atoms with Gasteiger partial charge in [0.2, 0.25) is 0 Å². The summed E-state index contributed by atoms with van der Waals surface area (Å²) in [5.41, 5.74) is 2.76. The van der Waals surface area contributed by atoms with E-state index in [1.165, 1.54) is 6.20 Å². The van der Waals surface area contributed by atoms with Gasteiger partial charge in [0, 0.05) is 12.7 Å². The average molecular weight is 253 g/mol. The zero-order valence-corrected chi connectivity index (χ0v) is 10.7. The molecule has 0 saturated carbocycles. The van der Waals surface area contributed by atoms with Gasteiger partial charge in [-0.25, -0.2) is 4.98 Å². The average Bonchev–Trinajstić information content (AvgIpc) is 2.79. The summed E-state index contributed by atoms with van der Waals surface area (Å²) in [5.74, 6) is 0.957. The summed E-state index contributed by atoms with van der Waals surface area (Å²) in [7, 11) is 0. The fourth-order valence-corrected chi connectivity index (χ4v) is 2.31. The van der Waals surface area contributed by atoms with Gasteiger partial charge in [0.15, 0.2) is 0 Å². The molecule has 0 amide bonds. The second-order valence-corrected chi connectivity index (χ2v) is 4.47. The highest BCUT2D eigenvalue weighted by molar-refractivity contribution is 5.81. The third-order valence-corrected chi connectivity index (χ3v) is 3.14. The Hall–Kier alpha value is -2.36. The Morgan fingerprint density at radius 1 is 1.21 bits per heavy atom. The van der Waals surface area contributed by atoms with Crippen molar-refractivity contribution in [1.29, 1.82) is 0 Å². The Morgan fingerprint density at radius 3 is 2.84 bits per heavy atom. The van der Waals surface area contributed by atoms with E-state index < -0.39 is 0 Å². The van der Waals surface area contributed by atoms with Gasteiger partial charge >= 0.3 is 0 Å². The summed E-state index contributed by atoms with van der Waals surface area (Å²) < 4.78 is 2.14. The van der Waals surface area contributed by atoms with Crippen LogP contribution in [0.4, 0.5) is 0 Å². The van der Waals surface area contributed by atoms with Gasteiger partial charge in [-0.05, 0) is 24.6 Å². The lowest BCUT2D eigenvalue weighted by Crippen LogP contribution is -1.99. The minimum atomic E-state index is 0.162. The van der Waals surface area contributed by atoms with Crippen molar-refractivity contribution in [3.05, 3.63) is 42.7 Å². The molecule has 2 aromatic heterocycles. The van der Waals surface area contributed by atoms with Gasteiger partial charge in [-0.2, -0.15) is 0 Å². The molecule has 0 spiro atoms. The van der Waals surface area contributed by atoms with Gasteiger partial charge in [-0.3, -0.25) is 4.98 Å². The Bertz CT molecular complexity index is 718. The third-order valence-electron chi connectivity index (χ3n) is 3.14. The van der Waals surface area contributed by atoms with Crippen LogP contribution in [0.3, 0.4) is 0 Å². The number of imidazole rings is 1. The first kappa shape index (κ1) is 11.7. The highest BCUT2D eigenvalue weighted by atomic mass is 16.3. The minimum Gasteiger partial charge on any atom is -0.506 e. The molecule has 0 bridgehead atoms. The van der Waals surface area contributed by atoms with Crippen molar-refractivity contribution in [1.82, 2.24) is 14.5 Å². The van der Waals surface area contributed by atoms with E-state index in [-0.39, 0.29) is 5.75 Å². The molecule has 0 saturated heterocycles. The first-order valence-electron chi connectivity index (χ1n) is 6.40. The number of rotatable bonds is 3. The molecule has 3 rings (SSSR count). The fraction of sp³-hybridized carbons (Fsp3) is 0.200. The van der Waals surface area contributed by atoms with Crippen molar-refractivity contribution in [2.75, 3.05) is 0 Å². The number of para-hydroxylation sites is 2. The molecule has 0 atom stereocenters. The van der Waals surface area contributed by atoms with Gasteiger partial charge in [0.25, 0.3) is 0 Å². The molecule has 0 aliphatic heterocycles. The molecule has 19 heavy (non-hydrogen) atoms. The lowest BCUT2D eigenvalue weighted by atomic mass is 10.2. The van der Waals surface area contributed by atoms with Crippen LogP contribution in [-0.2, 0) is 6.54 Å². The second kappa shape index (κ2) is 4.72. The van der Waals surface area contributed by atoms with Crippen LogP contribution in [-0.4, -0.2) is 19.6 Å². The van der Waals surface area contributed by atoms with Crippen LogP contribution < -0.4 is 0 Å². The molecule has 0 aliphatic carbocycles. The van der Waals surface area contributed by atoms with Crippen LogP contribution in [0.5, 0.6) is 5.75 Å². The predicted molar refractivity (Wildman–Crippen MR) is 74.9 cm³/mol. The number of fused-ring (bicyclic) bond motifs is 1. The molecule has 2 heterocycles. The summed E-state index contributed by atoms with van der Waals surface area (Å²) in [5, 5.41) is 9.97. The van der Waals surface area contributed by atoms with E-state index in [9.17, 15) is 5.11 Å². The zero-order chi connectivity index (χ0) is 13.2. The summed E-state index contributed by atoms with van der Waals surface area (Å²) in [6.07, 6.45) is 4.13. The molecule has 1 N–H and O–H groups in total. The maximum atomic E-state index is 9.97. The maximum Gasteiger partial charge on any atom is 0.144 e. The molecule has 0 aliphatic rings. The first-order valence-corrected chi connectivity index (χ1v) is 6.40. The summed E-state index contributed by atoms with van der Waals surface area (Å²) in [6, 6.07) is 9.82. The standard InChI is InChI=1S/C15H15N3O/c1-2-9-18-13-6-4-3-5-12(13)17-15(18)11-7-8-16-10-14(11)19/h3-8,10,19H,2,9H2,1H3. The predicted octanol–water partition coefficient (Wildman–Crippen LogP) is 3.21. The largest absolute Gasteiger partial charge is 0.506 e. The minimum absolute atomic E-state index is 0.162. The normalized spacial score (nSPS) is 11.0. The van der Waals surface area contributed by atoms with Crippen LogP contribution >= 0.6 is 0 Å². The highest BCUT2D eigenvalue weighted by Crippen LogP contribution is 2.30. The van der Waals surface area contributed by atoms with E-state index in [0.717, 1.165) is 35.4 Å². The number of hydrogen-bond donors (Lipinski definition) is 1. The smallest absolute Gasteiger partial charge is 0.144 e. The molecule has 0 unspecified atom stereocenters. The van der Waals surface area contributed by atoms with Gasteiger partial charge in [-0.1, -0.05) is 19.1 Å². The van der Waals surface area contributed by atoms with E-state index in [1.54, 1.807) is 12.3 Å². The molecule has 4 nitrogen and oxygen atoms in total. The zero-order valence-electron chi connectivity index (χ0n) is 10.7. The molecule has 3 aromatic rings. The highest BCUT2D eigenvalue weighted by Gasteiger charge is 2.14. The van der Waals surface area contributed by atoms with Crippen molar-refractivity contribution in [3.63, 3.8) is 0 Å². The van der Waals surface area contributed by atoms with Crippen LogP contribution in [0.1, 0.15) is 13.3 Å². The molecule has 0 radical (unpaired) electrons. The number of aryl methyl sites for hydroxylation is 1. The van der Waals surface area contributed by atoms with Gasteiger partial charge in [-0.15, -0.1) is 0 Å². The Balaban J connectivity index is 2.28. The van der Waals surface area contributed by atoms with Crippen LogP contribution in [0.15, 0.2) is 42.7 Å². The monoisotopic (exact) mass is 253 g/mol. The van der Waals surface area contributed by atoms with E-state index in [2.05, 4.69) is 27.5 Å². The topological polar surface area (TPSA) is 50.9 Å². The summed E-state index contributed by atoms with van der Waals surface area (Å²) in [6.45, 7) is 3.00. The van der Waals surface area contributed by atoms with E-state index in [4.69, 9.17) is 0 Å². The van der Waals surface area contributed by atoms with E-state index in [1.807, 2.05) is 18.2 Å². The van der Waals surface area contributed by atoms with Crippen LogP contribution in [0, 0.1) is 0 Å². The van der Waals surface area contributed by atoms with E-state index >= 15 is 0 Å². The molecule has 4 heteroatoms. The number of nitrogens with zero attached hydrogens (tertiary/aromatic N) is 3. The maximum absolute atomic E-state index is 9.97. The van der Waals surface area contributed by atoms with Crippen molar-refractivity contribution < 1.29 is 5.11 Å². The number of aromatic hydroxyl groups is 1. The Labute approximate surface area is 111 Å². The Kier molecular flexibility index (Phi) is 2.91. The van der Waals surface area contributed by atoms with Crippen LogP contribution in [0.25, 0.3) is 22.4 Å². The fourth-order valence-electron chi connectivity index (χ4n) is 2.31. The van der Waals surface area contributed by atoms with E-state index in [0.29, 0.717) is 0 Å².